The summed E-state index contributed by atoms with van der Waals surface area (Å²) >= 11 is 7.31. The van der Waals surface area contributed by atoms with Crippen LogP contribution in [-0.4, -0.2) is 33.9 Å². The zero-order valence-electron chi connectivity index (χ0n) is 12.4. The second-order valence-electron chi connectivity index (χ2n) is 4.70. The van der Waals surface area contributed by atoms with E-state index in [4.69, 9.17) is 16.3 Å². The molecule has 23 heavy (non-hydrogen) atoms. The number of aliphatic imine (C=N–C) groups is 1. The molecule has 0 amide bonds. The molecule has 2 aliphatic heterocycles. The standard InChI is InChI=1S/C14H15ClFN3O3S/c1-8-6-22-7-10(13(20)21)5-19(14-17-3-4-23-14)9(2)18-12(15)11(8)16/h3-6,14,17H,7H2,1-2H3,(H,20,21)/b8-6?,10-5+,12-11?,18-9?. The lowest BCUT2D eigenvalue weighted by Gasteiger charge is -2.27. The monoisotopic (exact) mass is 359 g/mol. The van der Waals surface area contributed by atoms with E-state index >= 15 is 0 Å². The molecule has 0 aromatic rings. The van der Waals surface area contributed by atoms with Crippen molar-refractivity contribution < 1.29 is 19.0 Å². The van der Waals surface area contributed by atoms with E-state index in [1.807, 2.05) is 5.41 Å². The maximum absolute atomic E-state index is 14.1. The number of amidine groups is 1. The summed E-state index contributed by atoms with van der Waals surface area (Å²) in [5.41, 5.74) is -0.188. The van der Waals surface area contributed by atoms with Crippen molar-refractivity contribution in [2.45, 2.75) is 19.3 Å². The molecule has 0 aromatic carbocycles. The highest BCUT2D eigenvalue weighted by molar-refractivity contribution is 8.02. The summed E-state index contributed by atoms with van der Waals surface area (Å²) in [7, 11) is 0. The van der Waals surface area contributed by atoms with E-state index < -0.39 is 11.8 Å². The van der Waals surface area contributed by atoms with Gasteiger partial charge in [0.05, 0.1) is 11.8 Å². The Morgan fingerprint density at radius 3 is 2.96 bits per heavy atom. The van der Waals surface area contributed by atoms with Crippen LogP contribution < -0.4 is 5.32 Å². The van der Waals surface area contributed by atoms with Crippen LogP contribution >= 0.6 is 23.4 Å². The van der Waals surface area contributed by atoms with Crippen LogP contribution in [0.4, 0.5) is 4.39 Å². The Hall–Kier alpha value is -1.93. The van der Waals surface area contributed by atoms with E-state index in [0.717, 1.165) is 6.26 Å². The van der Waals surface area contributed by atoms with Crippen molar-refractivity contribution in [1.29, 1.82) is 0 Å². The molecule has 0 spiro atoms. The van der Waals surface area contributed by atoms with E-state index in [2.05, 4.69) is 10.3 Å². The predicted molar refractivity (Wildman–Crippen MR) is 88.0 cm³/mol. The molecule has 0 aliphatic carbocycles. The molecule has 0 saturated carbocycles. The number of ether oxygens (including phenoxy) is 1. The molecule has 2 heterocycles. The third kappa shape index (κ3) is 4.29. The lowest BCUT2D eigenvalue weighted by molar-refractivity contribution is -0.133. The van der Waals surface area contributed by atoms with Crippen LogP contribution in [0.1, 0.15) is 13.8 Å². The molecular weight excluding hydrogens is 345 g/mol. The Kier molecular flexibility index (Phi) is 5.73. The molecule has 0 fully saturated rings. The number of aliphatic carboxylic acids is 1. The van der Waals surface area contributed by atoms with Gasteiger partial charge < -0.3 is 20.1 Å². The number of carbonyl (C=O) groups is 1. The lowest BCUT2D eigenvalue weighted by Crippen LogP contribution is -2.39. The highest BCUT2D eigenvalue weighted by Crippen LogP contribution is 2.25. The first kappa shape index (κ1) is 17.4. The number of hydrogen-bond acceptors (Lipinski definition) is 6. The van der Waals surface area contributed by atoms with Gasteiger partial charge in [-0.25, -0.2) is 14.2 Å². The molecule has 124 valence electrons. The Bertz CT molecular complexity index is 650. The fourth-order valence-corrected chi connectivity index (χ4v) is 2.87. The van der Waals surface area contributed by atoms with Crippen molar-refractivity contribution in [3.05, 3.63) is 46.2 Å². The van der Waals surface area contributed by atoms with Gasteiger partial charge >= 0.3 is 5.97 Å². The summed E-state index contributed by atoms with van der Waals surface area (Å²) in [5, 5.41) is 13.8. The largest absolute Gasteiger partial charge is 0.496 e. The number of halogens is 2. The number of rotatable bonds is 2. The van der Waals surface area contributed by atoms with Crippen LogP contribution in [0.5, 0.6) is 0 Å². The first-order valence-electron chi connectivity index (χ1n) is 6.58. The fourth-order valence-electron chi connectivity index (χ4n) is 1.79. The predicted octanol–water partition coefficient (Wildman–Crippen LogP) is 3.08. The maximum Gasteiger partial charge on any atom is 0.336 e. The summed E-state index contributed by atoms with van der Waals surface area (Å²) in [6, 6.07) is 0. The van der Waals surface area contributed by atoms with E-state index in [0.29, 0.717) is 5.84 Å². The quantitative estimate of drug-likeness (QED) is 0.738. The van der Waals surface area contributed by atoms with Crippen molar-refractivity contribution in [2.24, 2.45) is 4.99 Å². The van der Waals surface area contributed by atoms with Crippen molar-refractivity contribution in [3.63, 3.8) is 0 Å². The van der Waals surface area contributed by atoms with Gasteiger partial charge in [0.15, 0.2) is 16.5 Å². The van der Waals surface area contributed by atoms with Crippen LogP contribution in [0.15, 0.2) is 51.2 Å². The van der Waals surface area contributed by atoms with Crippen LogP contribution in [0, 0.1) is 0 Å². The van der Waals surface area contributed by atoms with Crippen molar-refractivity contribution in [3.8, 4) is 0 Å². The zero-order chi connectivity index (χ0) is 17.0. The van der Waals surface area contributed by atoms with E-state index in [1.54, 1.807) is 18.0 Å². The molecule has 0 radical (unpaired) electrons. The Balaban J connectivity index is 2.48. The van der Waals surface area contributed by atoms with Gasteiger partial charge in [0.2, 0.25) is 0 Å². The van der Waals surface area contributed by atoms with Crippen LogP contribution in [0.2, 0.25) is 0 Å². The van der Waals surface area contributed by atoms with E-state index in [9.17, 15) is 14.3 Å². The summed E-state index contributed by atoms with van der Waals surface area (Å²) in [6.45, 7) is 2.86. The maximum atomic E-state index is 14.1. The summed E-state index contributed by atoms with van der Waals surface area (Å²) in [4.78, 5) is 17.0. The Morgan fingerprint density at radius 1 is 1.61 bits per heavy atom. The molecule has 0 aromatic heterocycles. The first-order valence-corrected chi connectivity index (χ1v) is 7.90. The van der Waals surface area contributed by atoms with Gasteiger partial charge in [-0.15, -0.1) is 0 Å². The summed E-state index contributed by atoms with van der Waals surface area (Å²) in [5.74, 6) is -1.52. The minimum atomic E-state index is -1.14. The average Bonchev–Trinajstić information content (AvgIpc) is 3.01. The number of hydrogen-bond donors (Lipinski definition) is 2. The zero-order valence-corrected chi connectivity index (χ0v) is 14.0. The number of nitrogens with zero attached hydrogens (tertiary/aromatic N) is 2. The molecule has 2 rings (SSSR count). The number of allylic oxidation sites excluding steroid dienone is 2. The number of carboxylic acids is 1. The molecular formula is C14H15ClFN3O3S. The average molecular weight is 360 g/mol. The highest BCUT2D eigenvalue weighted by Gasteiger charge is 2.23. The highest BCUT2D eigenvalue weighted by atomic mass is 35.5. The first-order chi connectivity index (χ1) is 10.9. The topological polar surface area (TPSA) is 74.2 Å². The minimum Gasteiger partial charge on any atom is -0.496 e. The third-order valence-electron chi connectivity index (χ3n) is 3.00. The summed E-state index contributed by atoms with van der Waals surface area (Å²) in [6.07, 6.45) is 4.25. The van der Waals surface area contributed by atoms with Crippen LogP contribution in [0.3, 0.4) is 0 Å². The van der Waals surface area contributed by atoms with Crippen molar-refractivity contribution >= 4 is 35.2 Å². The molecule has 0 bridgehead atoms. The van der Waals surface area contributed by atoms with Crippen molar-refractivity contribution in [2.75, 3.05) is 6.61 Å². The third-order valence-corrected chi connectivity index (χ3v) is 4.16. The fraction of sp³-hybridized carbons (Fsp3) is 0.286. The molecule has 2 aliphatic rings. The van der Waals surface area contributed by atoms with Crippen molar-refractivity contribution in [1.82, 2.24) is 10.2 Å². The van der Waals surface area contributed by atoms with Gasteiger partial charge in [0.1, 0.15) is 12.4 Å². The number of carboxylic acid groups (broad SMARTS) is 1. The molecule has 2 N–H and O–H groups in total. The molecule has 1 unspecified atom stereocenters. The number of thioether (sulfide) groups is 1. The van der Waals surface area contributed by atoms with E-state index in [1.165, 1.54) is 24.9 Å². The minimum absolute atomic E-state index is 0.00340. The van der Waals surface area contributed by atoms with Gasteiger partial charge in [0.25, 0.3) is 0 Å². The smallest absolute Gasteiger partial charge is 0.336 e. The number of nitrogens with one attached hydrogen (secondary N) is 1. The van der Waals surface area contributed by atoms with Gasteiger partial charge in [-0.05, 0) is 19.3 Å². The lowest BCUT2D eigenvalue weighted by atomic mass is 10.3. The SMILES string of the molecule is CC1=COC/C(C(=O)O)=C\N(C2NC=CS2)C(C)=NC(Cl)=C1F. The second kappa shape index (κ2) is 7.56. The van der Waals surface area contributed by atoms with Gasteiger partial charge in [0, 0.05) is 18.0 Å². The molecule has 6 nitrogen and oxygen atoms in total. The van der Waals surface area contributed by atoms with E-state index in [-0.39, 0.29) is 28.4 Å². The van der Waals surface area contributed by atoms with Gasteiger partial charge in [-0.3, -0.25) is 0 Å². The Labute approximate surface area is 142 Å². The summed E-state index contributed by atoms with van der Waals surface area (Å²) < 4.78 is 19.3. The molecule has 0 saturated heterocycles. The molecule has 1 atom stereocenters. The molecule has 9 heteroatoms. The Morgan fingerprint density at radius 2 is 2.35 bits per heavy atom. The second-order valence-corrected chi connectivity index (χ2v) is 6.05. The van der Waals surface area contributed by atoms with Crippen LogP contribution in [0.25, 0.3) is 0 Å². The van der Waals surface area contributed by atoms with Gasteiger partial charge in [-0.1, -0.05) is 23.4 Å². The normalized spacial score (nSPS) is 24.8. The van der Waals surface area contributed by atoms with Gasteiger partial charge in [-0.2, -0.15) is 0 Å². The van der Waals surface area contributed by atoms with Crippen LogP contribution in [-0.2, 0) is 9.53 Å².